The van der Waals surface area contributed by atoms with Crippen LogP contribution < -0.4 is 0 Å². The molecule has 2 aromatic rings. The van der Waals surface area contributed by atoms with Gasteiger partial charge in [-0.2, -0.15) is 0 Å². The van der Waals surface area contributed by atoms with Crippen molar-refractivity contribution in [3.63, 3.8) is 0 Å². The Bertz CT molecular complexity index is 463. The second-order valence-corrected chi connectivity index (χ2v) is 4.49. The number of thiazole rings is 1. The standard InChI is InChI=1S/C9H7NO3S2/c11-7(6-3-14-4-10-6)8-5(9(12)13)1-2-15-8/h1-4,7,11H,(H,12,13). The van der Waals surface area contributed by atoms with Gasteiger partial charge in [0.15, 0.2) is 0 Å². The molecule has 2 N–H and O–H groups in total. The fourth-order valence-corrected chi connectivity index (χ4v) is 2.66. The number of hydrogen-bond donors (Lipinski definition) is 2. The third kappa shape index (κ3) is 1.92. The lowest BCUT2D eigenvalue weighted by molar-refractivity contribution is 0.0692. The van der Waals surface area contributed by atoms with Gasteiger partial charge in [-0.05, 0) is 11.4 Å². The molecule has 0 aliphatic rings. The van der Waals surface area contributed by atoms with Crippen LogP contribution in [0.2, 0.25) is 0 Å². The van der Waals surface area contributed by atoms with Crippen LogP contribution in [-0.2, 0) is 0 Å². The highest BCUT2D eigenvalue weighted by Crippen LogP contribution is 2.29. The van der Waals surface area contributed by atoms with E-state index in [2.05, 4.69) is 4.98 Å². The van der Waals surface area contributed by atoms with Crippen molar-refractivity contribution in [3.05, 3.63) is 38.5 Å². The van der Waals surface area contributed by atoms with E-state index in [9.17, 15) is 9.90 Å². The van der Waals surface area contributed by atoms with Crippen LogP contribution in [-0.4, -0.2) is 21.2 Å². The first kappa shape index (κ1) is 10.3. The first-order valence-electron chi connectivity index (χ1n) is 4.07. The first-order chi connectivity index (χ1) is 7.20. The van der Waals surface area contributed by atoms with E-state index in [0.717, 1.165) is 0 Å². The molecule has 2 aromatic heterocycles. The summed E-state index contributed by atoms with van der Waals surface area (Å²) < 4.78 is 0. The van der Waals surface area contributed by atoms with E-state index in [1.807, 2.05) is 0 Å². The third-order valence-electron chi connectivity index (χ3n) is 1.91. The number of aliphatic hydroxyl groups excluding tert-OH is 1. The molecule has 0 saturated carbocycles. The molecule has 1 atom stereocenters. The molecule has 1 unspecified atom stereocenters. The van der Waals surface area contributed by atoms with Crippen LogP contribution in [0, 0.1) is 0 Å². The molecule has 0 bridgehead atoms. The largest absolute Gasteiger partial charge is 0.478 e. The molecule has 2 heterocycles. The summed E-state index contributed by atoms with van der Waals surface area (Å²) in [4.78, 5) is 15.2. The van der Waals surface area contributed by atoms with Crippen molar-refractivity contribution in [1.29, 1.82) is 0 Å². The number of carboxylic acid groups (broad SMARTS) is 1. The highest BCUT2D eigenvalue weighted by atomic mass is 32.1. The van der Waals surface area contributed by atoms with Crippen LogP contribution in [0.4, 0.5) is 0 Å². The lowest BCUT2D eigenvalue weighted by Gasteiger charge is -2.06. The molecule has 0 aliphatic carbocycles. The topological polar surface area (TPSA) is 70.4 Å². The molecule has 0 radical (unpaired) electrons. The summed E-state index contributed by atoms with van der Waals surface area (Å²) in [6.45, 7) is 0. The van der Waals surface area contributed by atoms with Gasteiger partial charge >= 0.3 is 5.97 Å². The van der Waals surface area contributed by atoms with Gasteiger partial charge in [0.05, 0.1) is 21.6 Å². The van der Waals surface area contributed by atoms with Crippen molar-refractivity contribution in [2.24, 2.45) is 0 Å². The second-order valence-electron chi connectivity index (χ2n) is 2.82. The molecule has 6 heteroatoms. The number of hydrogen-bond acceptors (Lipinski definition) is 5. The summed E-state index contributed by atoms with van der Waals surface area (Å²) in [6.07, 6.45) is -0.942. The van der Waals surface area contributed by atoms with E-state index < -0.39 is 12.1 Å². The zero-order chi connectivity index (χ0) is 10.8. The Balaban J connectivity index is 2.37. The summed E-state index contributed by atoms with van der Waals surface area (Å²) in [6, 6.07) is 1.48. The van der Waals surface area contributed by atoms with Crippen LogP contribution in [0.5, 0.6) is 0 Å². The van der Waals surface area contributed by atoms with E-state index in [0.29, 0.717) is 10.6 Å². The number of aromatic carboxylic acids is 1. The van der Waals surface area contributed by atoms with Gasteiger partial charge in [0, 0.05) is 5.38 Å². The van der Waals surface area contributed by atoms with Gasteiger partial charge in [-0.25, -0.2) is 9.78 Å². The number of aliphatic hydroxyl groups is 1. The van der Waals surface area contributed by atoms with Gasteiger partial charge in [-0.3, -0.25) is 0 Å². The molecule has 78 valence electrons. The van der Waals surface area contributed by atoms with E-state index >= 15 is 0 Å². The number of thiophene rings is 1. The number of rotatable bonds is 3. The molecule has 2 rings (SSSR count). The van der Waals surface area contributed by atoms with Crippen LogP contribution in [0.25, 0.3) is 0 Å². The Morgan fingerprint density at radius 1 is 1.53 bits per heavy atom. The summed E-state index contributed by atoms with van der Waals surface area (Å²) in [5.74, 6) is -1.03. The van der Waals surface area contributed by atoms with Gasteiger partial charge in [0.2, 0.25) is 0 Å². The predicted molar refractivity (Wildman–Crippen MR) is 57.5 cm³/mol. The number of nitrogens with zero attached hydrogens (tertiary/aromatic N) is 1. The Hall–Kier alpha value is -1.24. The maximum atomic E-state index is 10.8. The summed E-state index contributed by atoms with van der Waals surface area (Å²) in [7, 11) is 0. The fraction of sp³-hybridized carbons (Fsp3) is 0.111. The fourth-order valence-electron chi connectivity index (χ4n) is 1.20. The minimum Gasteiger partial charge on any atom is -0.478 e. The molecule has 4 nitrogen and oxygen atoms in total. The number of aromatic nitrogens is 1. The maximum Gasteiger partial charge on any atom is 0.336 e. The van der Waals surface area contributed by atoms with Crippen LogP contribution in [0.3, 0.4) is 0 Å². The summed E-state index contributed by atoms with van der Waals surface area (Å²) in [5, 5.41) is 22.1. The predicted octanol–water partition coefficient (Wildman–Crippen LogP) is 1.98. The molecule has 0 saturated heterocycles. The number of carbonyl (C=O) groups is 1. The maximum absolute atomic E-state index is 10.8. The van der Waals surface area contributed by atoms with Gasteiger partial charge in [0.1, 0.15) is 6.10 Å². The average Bonchev–Trinajstić information content (AvgIpc) is 2.88. The molecular weight excluding hydrogens is 234 g/mol. The minimum atomic E-state index is -1.03. The summed E-state index contributed by atoms with van der Waals surface area (Å²) >= 11 is 2.58. The van der Waals surface area contributed by atoms with Crippen LogP contribution in [0.1, 0.15) is 27.0 Å². The number of carboxylic acids is 1. The van der Waals surface area contributed by atoms with E-state index in [1.165, 1.54) is 28.7 Å². The van der Waals surface area contributed by atoms with Gasteiger partial charge in [0.25, 0.3) is 0 Å². The zero-order valence-corrected chi connectivity index (χ0v) is 9.09. The lowest BCUT2D eigenvalue weighted by atomic mass is 10.1. The van der Waals surface area contributed by atoms with Crippen molar-refractivity contribution >= 4 is 28.6 Å². The lowest BCUT2D eigenvalue weighted by Crippen LogP contribution is -2.04. The van der Waals surface area contributed by atoms with E-state index in [-0.39, 0.29) is 5.56 Å². The highest BCUT2D eigenvalue weighted by molar-refractivity contribution is 7.10. The zero-order valence-electron chi connectivity index (χ0n) is 7.45. The molecule has 15 heavy (non-hydrogen) atoms. The Labute approximate surface area is 93.5 Å². The SMILES string of the molecule is O=C(O)c1ccsc1C(O)c1cscn1. The van der Waals surface area contributed by atoms with Crippen molar-refractivity contribution < 1.29 is 15.0 Å². The van der Waals surface area contributed by atoms with Crippen molar-refractivity contribution in [2.45, 2.75) is 6.10 Å². The molecule has 0 spiro atoms. The smallest absolute Gasteiger partial charge is 0.336 e. The molecule has 0 aromatic carbocycles. The summed E-state index contributed by atoms with van der Waals surface area (Å²) in [5.41, 5.74) is 2.23. The van der Waals surface area contributed by atoms with Crippen LogP contribution in [0.15, 0.2) is 22.3 Å². The average molecular weight is 241 g/mol. The molecular formula is C9H7NO3S2. The Kier molecular flexibility index (Phi) is 2.81. The monoisotopic (exact) mass is 241 g/mol. The van der Waals surface area contributed by atoms with Crippen LogP contribution >= 0.6 is 22.7 Å². The van der Waals surface area contributed by atoms with Crippen molar-refractivity contribution in [3.8, 4) is 0 Å². The minimum absolute atomic E-state index is 0.139. The van der Waals surface area contributed by atoms with Gasteiger partial charge < -0.3 is 10.2 Å². The van der Waals surface area contributed by atoms with Gasteiger partial charge in [-0.15, -0.1) is 22.7 Å². The normalized spacial score (nSPS) is 12.6. The Morgan fingerprint density at radius 3 is 2.93 bits per heavy atom. The third-order valence-corrected chi connectivity index (χ3v) is 3.48. The highest BCUT2D eigenvalue weighted by Gasteiger charge is 2.21. The first-order valence-corrected chi connectivity index (χ1v) is 5.89. The molecule has 0 fully saturated rings. The molecule has 0 amide bonds. The second kappa shape index (κ2) is 4.09. The quantitative estimate of drug-likeness (QED) is 0.862. The molecule has 0 aliphatic heterocycles. The van der Waals surface area contributed by atoms with E-state index in [4.69, 9.17) is 5.11 Å². The van der Waals surface area contributed by atoms with Crippen molar-refractivity contribution in [1.82, 2.24) is 4.98 Å². The van der Waals surface area contributed by atoms with Crippen molar-refractivity contribution in [2.75, 3.05) is 0 Å². The van der Waals surface area contributed by atoms with E-state index in [1.54, 1.807) is 16.3 Å². The van der Waals surface area contributed by atoms with Gasteiger partial charge in [-0.1, -0.05) is 0 Å². The Morgan fingerprint density at radius 2 is 2.33 bits per heavy atom.